The molecule has 0 aliphatic carbocycles. The molecule has 16 rings (SSSR count). The number of carbonyl (C=O) groups excluding carboxylic acids is 12. The normalized spacial score (nSPS) is 28.4. The molecular weight excluding hydrogens is 1630 g/mol. The van der Waals surface area contributed by atoms with Crippen LogP contribution in [-0.2, 0) is 61.3 Å². The van der Waals surface area contributed by atoms with Crippen LogP contribution >= 0.6 is 0 Å². The van der Waals surface area contributed by atoms with E-state index in [1.807, 2.05) is 33.9 Å². The van der Waals surface area contributed by atoms with E-state index in [1.165, 1.54) is 92.0 Å². The molecule has 10 unspecified atom stereocenters. The van der Waals surface area contributed by atoms with Crippen molar-refractivity contribution in [3.8, 4) is 0 Å². The summed E-state index contributed by atoms with van der Waals surface area (Å²) in [5.74, 6) is -14.2. The predicted molar refractivity (Wildman–Crippen MR) is 445 cm³/mol. The number of hydrogen-bond donors (Lipinski definition) is 0. The molecule has 648 valence electrons. The number of carbonyl (C=O) groups is 12. The average molecular weight is 1720 g/mol. The van der Waals surface area contributed by atoms with Crippen molar-refractivity contribution in [2.75, 3.05) is 33.5 Å². The number of nitrogens with zero attached hydrogens (tertiary/aromatic N) is 4. The van der Waals surface area contributed by atoms with E-state index >= 15 is 28.8 Å². The lowest BCUT2D eigenvalue weighted by atomic mass is 9.84. The van der Waals surface area contributed by atoms with Crippen molar-refractivity contribution in [3.63, 3.8) is 0 Å². The Morgan fingerprint density at radius 2 is 0.496 bits per heavy atom. The van der Waals surface area contributed by atoms with Crippen molar-refractivity contribution in [2.45, 2.75) is 165 Å². The van der Waals surface area contributed by atoms with Crippen LogP contribution in [0.3, 0.4) is 0 Å². The summed E-state index contributed by atoms with van der Waals surface area (Å²) in [6.45, 7) is 14.2. The molecule has 0 N–H and O–H groups in total. The van der Waals surface area contributed by atoms with Crippen LogP contribution in [0.5, 0.6) is 0 Å². The van der Waals surface area contributed by atoms with E-state index in [9.17, 15) is 28.8 Å². The zero-order chi connectivity index (χ0) is 88.2. The minimum atomic E-state index is -2.94. The maximum absolute atomic E-state index is 15.8. The van der Waals surface area contributed by atoms with E-state index in [4.69, 9.17) is 61.3 Å². The van der Waals surface area contributed by atoms with Crippen molar-refractivity contribution >= 4 is 79.5 Å². The first-order chi connectivity index (χ1) is 60.0. The molecule has 8 heterocycles. The molecule has 8 aromatic rings. The number of rotatable bonds is 25. The van der Waals surface area contributed by atoms with Crippen LogP contribution in [-0.4, -0.2) is 231 Å². The van der Waals surface area contributed by atoms with Gasteiger partial charge in [-0.2, -0.15) is 0 Å². The van der Waals surface area contributed by atoms with Crippen LogP contribution in [0.1, 0.15) is 173 Å². The van der Waals surface area contributed by atoms with E-state index in [0.717, 1.165) is 19.6 Å². The summed E-state index contributed by atoms with van der Waals surface area (Å²) in [7, 11) is -1.64. The summed E-state index contributed by atoms with van der Waals surface area (Å²) in [5, 5.41) is -0.463. The molecule has 8 aliphatic heterocycles. The summed E-state index contributed by atoms with van der Waals surface area (Å²) >= 11 is 0. The van der Waals surface area contributed by atoms with E-state index < -0.39 is 233 Å². The van der Waals surface area contributed by atoms with Crippen molar-refractivity contribution in [1.29, 1.82) is 0 Å². The zero-order valence-electron chi connectivity index (χ0n) is 70.2. The zero-order valence-corrected chi connectivity index (χ0v) is 71.2. The van der Waals surface area contributed by atoms with Crippen LogP contribution in [0.2, 0.25) is 18.1 Å². The summed E-state index contributed by atoms with van der Waals surface area (Å²) < 4.78 is 89.1. The Hall–Kier alpha value is -11.9. The van der Waals surface area contributed by atoms with Gasteiger partial charge in [-0.05, 0) is 115 Å². The number of amides is 8. The van der Waals surface area contributed by atoms with Gasteiger partial charge in [-0.25, -0.2) is 19.2 Å². The quantitative estimate of drug-likeness (QED) is 0.0222. The topological polar surface area (TPSA) is 338 Å². The van der Waals surface area contributed by atoms with Gasteiger partial charge in [0.2, 0.25) is 0 Å². The number of ether oxygens (including phenoxy) is 12. The molecule has 8 amide bonds. The Morgan fingerprint density at radius 1 is 0.304 bits per heavy atom. The maximum Gasteiger partial charge on any atom is 0.338 e. The molecular formula is C95H94N4O25Si. The second kappa shape index (κ2) is 35.6. The summed E-state index contributed by atoms with van der Waals surface area (Å²) in [5.41, 5.74) is 0.778. The van der Waals surface area contributed by atoms with Gasteiger partial charge in [0.1, 0.15) is 50.8 Å². The number of benzene rings is 8. The van der Waals surface area contributed by atoms with Crippen molar-refractivity contribution in [3.05, 3.63) is 285 Å². The van der Waals surface area contributed by atoms with E-state index in [1.54, 1.807) is 161 Å². The van der Waals surface area contributed by atoms with Gasteiger partial charge in [0, 0.05) is 30.8 Å². The Kier molecular flexibility index (Phi) is 24.6. The minimum Gasteiger partial charge on any atom is -0.459 e. The highest BCUT2D eigenvalue weighted by molar-refractivity contribution is 6.74. The van der Waals surface area contributed by atoms with Crippen molar-refractivity contribution in [1.82, 2.24) is 19.6 Å². The number of esters is 4. The van der Waals surface area contributed by atoms with Crippen molar-refractivity contribution in [2.24, 2.45) is 23.7 Å². The highest BCUT2D eigenvalue weighted by Crippen LogP contribution is 2.49. The van der Waals surface area contributed by atoms with Gasteiger partial charge in [-0.3, -0.25) is 58.0 Å². The predicted octanol–water partition coefficient (Wildman–Crippen LogP) is 11.7. The Labute approximate surface area is 721 Å². The van der Waals surface area contributed by atoms with Gasteiger partial charge in [0.05, 0.1) is 115 Å². The standard InChI is InChI=1S/C95H94N4O25Si/c1-51-71(96-79(100)59-39-23-24-40-60(59)80(96)101)91(112-8)117-67(47-113-87(108)55-31-15-11-16-32-55)75(51)121-92-72(97-81(102)61-41-25-26-42-62(61)82(97)103)52(2)76(68(118-92)48-114-88(109)56-33-17-12-18-34-56)122-93-73(98-83(104)63-43-27-28-44-64(63)84(98)105)53(3)77(69(119-93)49-115-89(110)57-35-19-13-20-36-57)123-94-74(99-85(106)65-45-29-30-46-66(65)86(99)107)54(4)78(124-125(9,10)95(5,6)7)70(120-94)50-116-90(111)58-37-21-14-22-38-58/h11-46,51-54,67-78,91-94H,47-50H2,1-10H3/t51?,52-,53?,54-,67?,68?,69?,70?,71-,72+,73-,74+,75-,76?,77-,78?,91+,92?,93-,94?/m1/s1. The first kappa shape index (κ1) is 86.6. The first-order valence-electron chi connectivity index (χ1n) is 41.6. The third-order valence-corrected chi connectivity index (χ3v) is 29.9. The number of hydrogen-bond acceptors (Lipinski definition) is 25. The molecule has 125 heavy (non-hydrogen) atoms. The highest BCUT2D eigenvalue weighted by atomic mass is 28.4. The first-order valence-corrected chi connectivity index (χ1v) is 44.5. The smallest absolute Gasteiger partial charge is 0.338 e. The Bertz CT molecular complexity index is 5360. The summed E-state index contributed by atoms with van der Waals surface area (Å²) in [6.07, 6.45) is -18.8. The van der Waals surface area contributed by atoms with Gasteiger partial charge < -0.3 is 61.3 Å². The van der Waals surface area contributed by atoms with Crippen LogP contribution in [0, 0.1) is 23.7 Å². The van der Waals surface area contributed by atoms with Crippen LogP contribution in [0.25, 0.3) is 0 Å². The fourth-order valence-corrected chi connectivity index (χ4v) is 19.3. The fourth-order valence-electron chi connectivity index (χ4n) is 17.9. The second-order valence-electron chi connectivity index (χ2n) is 33.9. The van der Waals surface area contributed by atoms with Crippen LogP contribution in [0.15, 0.2) is 218 Å². The minimum absolute atomic E-state index is 0.0256. The molecule has 20 atom stereocenters. The molecule has 4 fully saturated rings. The fraction of sp³-hybridized carbons (Fsp3) is 0.368. The highest BCUT2D eigenvalue weighted by Gasteiger charge is 2.63. The molecule has 0 radical (unpaired) electrons. The average Bonchev–Trinajstić information content (AvgIpc) is 1.66. The Balaban J connectivity index is 0.830. The largest absolute Gasteiger partial charge is 0.459 e. The molecule has 0 bridgehead atoms. The monoisotopic (exact) mass is 1720 g/mol. The van der Waals surface area contributed by atoms with Gasteiger partial charge in [0.15, 0.2) is 33.5 Å². The van der Waals surface area contributed by atoms with Crippen molar-refractivity contribution < 1.29 is 119 Å². The SMILES string of the molecule is CO[C@H]1OC(COC(=O)c2ccccc2)[C@H](OC2OC(COC(=O)c3ccccc3)C(O[C@H]3OC(COC(=O)c4ccccc4)[C@H](OC4OC(COC(=O)c5ccccc5)C(O[Si](C)(C)C(C)(C)C)[C@H](C)[C@@H]4N4C(=O)c5ccccc5C4=O)C(C)[C@H]3N3C(=O)c4ccccc4C3=O)[C@H](C)[C@@H]2N2C(=O)c3ccccc3C2=O)C(C)[C@H]1N1C(=O)c2ccccc2C1=O. The van der Waals surface area contributed by atoms with Gasteiger partial charge in [0.25, 0.3) is 47.3 Å². The van der Waals surface area contributed by atoms with Crippen LogP contribution in [0.4, 0.5) is 0 Å². The van der Waals surface area contributed by atoms with E-state index in [0.29, 0.717) is 0 Å². The summed E-state index contributed by atoms with van der Waals surface area (Å²) in [4.78, 5) is 184. The number of imide groups is 4. The van der Waals surface area contributed by atoms with Crippen LogP contribution < -0.4 is 0 Å². The molecule has 8 aliphatic rings. The number of fused-ring (bicyclic) bond motifs is 4. The third-order valence-electron chi connectivity index (χ3n) is 25.4. The molecule has 0 spiro atoms. The van der Waals surface area contributed by atoms with E-state index in [-0.39, 0.29) is 66.8 Å². The molecule has 4 saturated heterocycles. The molecule has 30 heteroatoms. The number of methoxy groups -OCH3 is 1. The maximum atomic E-state index is 15.8. The second-order valence-corrected chi connectivity index (χ2v) is 38.7. The van der Waals surface area contributed by atoms with Gasteiger partial charge in [-0.1, -0.05) is 170 Å². The molecule has 0 saturated carbocycles. The van der Waals surface area contributed by atoms with E-state index in [2.05, 4.69) is 0 Å². The summed E-state index contributed by atoms with van der Waals surface area (Å²) in [6, 6.07) is 50.7. The molecule has 8 aromatic carbocycles. The lowest BCUT2D eigenvalue weighted by molar-refractivity contribution is -0.358. The van der Waals surface area contributed by atoms with Gasteiger partial charge in [-0.15, -0.1) is 0 Å². The molecule has 0 aromatic heterocycles. The lowest BCUT2D eigenvalue weighted by Gasteiger charge is -2.54. The lowest BCUT2D eigenvalue weighted by Crippen LogP contribution is -2.69. The molecule has 29 nitrogen and oxygen atoms in total. The third kappa shape index (κ3) is 16.4. The Morgan fingerprint density at radius 3 is 0.712 bits per heavy atom. The van der Waals surface area contributed by atoms with Gasteiger partial charge >= 0.3 is 23.9 Å².